The summed E-state index contributed by atoms with van der Waals surface area (Å²) in [5.74, 6) is 0.385. The highest BCUT2D eigenvalue weighted by atomic mass is 16.2. The Morgan fingerprint density at radius 1 is 1.00 bits per heavy atom. The fraction of sp³-hybridized carbons (Fsp3) is 0.462. The molecular weight excluding hydrogens is 386 g/mol. The standard InChI is InChI=1S/C26H35N3O2/c1-4-29(5-2)26(31)24-15-10-16-28(20-24)19-22-13-9-14-23(17-22)25(30)27(3)18-21-11-7-6-8-12-21/h6-9,11-14,17,24H,4-5,10,15-16,18-20H2,1-3H3. The second-order valence-corrected chi connectivity index (χ2v) is 8.43. The fourth-order valence-electron chi connectivity index (χ4n) is 4.40. The molecule has 2 aromatic carbocycles. The number of benzene rings is 2. The van der Waals surface area contributed by atoms with Crippen molar-refractivity contribution >= 4 is 11.8 Å². The molecule has 1 aliphatic heterocycles. The highest BCUT2D eigenvalue weighted by molar-refractivity contribution is 5.94. The van der Waals surface area contributed by atoms with Gasteiger partial charge >= 0.3 is 0 Å². The largest absolute Gasteiger partial charge is 0.343 e. The van der Waals surface area contributed by atoms with Gasteiger partial charge in [0.15, 0.2) is 0 Å². The van der Waals surface area contributed by atoms with Crippen molar-refractivity contribution in [1.82, 2.24) is 14.7 Å². The summed E-state index contributed by atoms with van der Waals surface area (Å²) in [6.07, 6.45) is 2.00. The minimum atomic E-state index is 0.0268. The third-order valence-electron chi connectivity index (χ3n) is 6.12. The molecule has 0 aromatic heterocycles. The minimum absolute atomic E-state index is 0.0268. The summed E-state index contributed by atoms with van der Waals surface area (Å²) in [5.41, 5.74) is 2.95. The molecule has 5 nitrogen and oxygen atoms in total. The summed E-state index contributed by atoms with van der Waals surface area (Å²) in [6, 6.07) is 18.0. The summed E-state index contributed by atoms with van der Waals surface area (Å²) >= 11 is 0. The van der Waals surface area contributed by atoms with Crippen LogP contribution in [0.5, 0.6) is 0 Å². The summed E-state index contributed by atoms with van der Waals surface area (Å²) in [7, 11) is 1.84. The fourth-order valence-corrected chi connectivity index (χ4v) is 4.40. The van der Waals surface area contributed by atoms with Crippen molar-refractivity contribution in [2.75, 3.05) is 33.2 Å². The number of carbonyl (C=O) groups excluding carboxylic acids is 2. The average molecular weight is 422 g/mol. The normalized spacial score (nSPS) is 16.7. The van der Waals surface area contributed by atoms with Crippen LogP contribution in [0.3, 0.4) is 0 Å². The third-order valence-corrected chi connectivity index (χ3v) is 6.12. The maximum absolute atomic E-state index is 12.9. The van der Waals surface area contributed by atoms with Crippen LogP contribution in [0, 0.1) is 5.92 Å². The van der Waals surface area contributed by atoms with Gasteiger partial charge in [0.1, 0.15) is 0 Å². The quantitative estimate of drug-likeness (QED) is 0.646. The first-order chi connectivity index (χ1) is 15.0. The number of rotatable bonds is 8. The Morgan fingerprint density at radius 2 is 1.71 bits per heavy atom. The van der Waals surface area contributed by atoms with Crippen LogP contribution in [0.15, 0.2) is 54.6 Å². The van der Waals surface area contributed by atoms with E-state index in [9.17, 15) is 9.59 Å². The van der Waals surface area contributed by atoms with E-state index in [0.29, 0.717) is 12.1 Å². The van der Waals surface area contributed by atoms with Crippen molar-refractivity contribution in [2.24, 2.45) is 5.92 Å². The van der Waals surface area contributed by atoms with Gasteiger partial charge in [0.2, 0.25) is 5.91 Å². The van der Waals surface area contributed by atoms with E-state index in [0.717, 1.165) is 56.7 Å². The van der Waals surface area contributed by atoms with Crippen molar-refractivity contribution in [1.29, 1.82) is 0 Å². The topological polar surface area (TPSA) is 43.9 Å². The molecule has 1 unspecified atom stereocenters. The van der Waals surface area contributed by atoms with Gasteiger partial charge < -0.3 is 9.80 Å². The van der Waals surface area contributed by atoms with Crippen LogP contribution in [-0.2, 0) is 17.9 Å². The van der Waals surface area contributed by atoms with Gasteiger partial charge in [0, 0.05) is 45.3 Å². The maximum Gasteiger partial charge on any atom is 0.253 e. The van der Waals surface area contributed by atoms with E-state index < -0.39 is 0 Å². The molecule has 2 amide bonds. The van der Waals surface area contributed by atoms with Gasteiger partial charge in [0.25, 0.3) is 5.91 Å². The van der Waals surface area contributed by atoms with Gasteiger partial charge in [-0.25, -0.2) is 0 Å². The van der Waals surface area contributed by atoms with Crippen molar-refractivity contribution < 1.29 is 9.59 Å². The Labute approximate surface area is 186 Å². The van der Waals surface area contributed by atoms with Crippen LogP contribution in [0.4, 0.5) is 0 Å². The lowest BCUT2D eigenvalue weighted by molar-refractivity contribution is -0.137. The van der Waals surface area contributed by atoms with Crippen LogP contribution in [0.1, 0.15) is 48.2 Å². The monoisotopic (exact) mass is 421 g/mol. The van der Waals surface area contributed by atoms with E-state index in [1.54, 1.807) is 4.90 Å². The zero-order valence-electron chi connectivity index (χ0n) is 19.1. The maximum atomic E-state index is 12.9. The molecule has 0 bridgehead atoms. The minimum Gasteiger partial charge on any atom is -0.343 e. The van der Waals surface area contributed by atoms with Crippen molar-refractivity contribution in [3.05, 3.63) is 71.3 Å². The first kappa shape index (κ1) is 23.0. The zero-order chi connectivity index (χ0) is 22.2. The molecule has 0 radical (unpaired) electrons. The summed E-state index contributed by atoms with van der Waals surface area (Å²) in [5, 5.41) is 0. The molecule has 0 spiro atoms. The van der Waals surface area contributed by atoms with Gasteiger partial charge in [-0.2, -0.15) is 0 Å². The van der Waals surface area contributed by atoms with Crippen LogP contribution in [-0.4, -0.2) is 59.7 Å². The number of likely N-dealkylation sites (tertiary alicyclic amines) is 1. The lowest BCUT2D eigenvalue weighted by Gasteiger charge is -2.34. The molecule has 1 atom stereocenters. The third kappa shape index (κ3) is 6.17. The molecule has 1 aliphatic rings. The second kappa shape index (κ2) is 11.1. The predicted octanol–water partition coefficient (Wildman–Crippen LogP) is 4.04. The van der Waals surface area contributed by atoms with E-state index in [4.69, 9.17) is 0 Å². The first-order valence-electron chi connectivity index (χ1n) is 11.4. The number of hydrogen-bond donors (Lipinski definition) is 0. The molecule has 1 fully saturated rings. The lowest BCUT2D eigenvalue weighted by atomic mass is 9.96. The summed E-state index contributed by atoms with van der Waals surface area (Å²) < 4.78 is 0. The predicted molar refractivity (Wildman–Crippen MR) is 125 cm³/mol. The van der Waals surface area contributed by atoms with Crippen molar-refractivity contribution in [3.8, 4) is 0 Å². The molecule has 0 saturated carbocycles. The molecule has 166 valence electrons. The van der Waals surface area contributed by atoms with Gasteiger partial charge in [0.05, 0.1) is 5.92 Å². The Morgan fingerprint density at radius 3 is 2.42 bits per heavy atom. The number of carbonyl (C=O) groups is 2. The van der Waals surface area contributed by atoms with Gasteiger partial charge in [-0.3, -0.25) is 14.5 Å². The smallest absolute Gasteiger partial charge is 0.253 e. The highest BCUT2D eigenvalue weighted by Crippen LogP contribution is 2.21. The van der Waals surface area contributed by atoms with E-state index in [1.807, 2.05) is 74.3 Å². The van der Waals surface area contributed by atoms with E-state index in [1.165, 1.54) is 0 Å². The molecule has 5 heteroatoms. The van der Waals surface area contributed by atoms with Crippen LogP contribution in [0.25, 0.3) is 0 Å². The Bertz CT molecular complexity index is 864. The number of piperidine rings is 1. The Kier molecular flexibility index (Phi) is 8.24. The molecular formula is C26H35N3O2. The molecule has 31 heavy (non-hydrogen) atoms. The molecule has 2 aromatic rings. The van der Waals surface area contributed by atoms with E-state index in [-0.39, 0.29) is 17.7 Å². The van der Waals surface area contributed by atoms with Crippen LogP contribution < -0.4 is 0 Å². The van der Waals surface area contributed by atoms with Gasteiger partial charge in [-0.05, 0) is 56.5 Å². The van der Waals surface area contributed by atoms with Crippen molar-refractivity contribution in [2.45, 2.75) is 39.8 Å². The van der Waals surface area contributed by atoms with Gasteiger partial charge in [-0.15, -0.1) is 0 Å². The Hall–Kier alpha value is -2.66. The second-order valence-electron chi connectivity index (χ2n) is 8.43. The lowest BCUT2D eigenvalue weighted by Crippen LogP contribution is -2.44. The SMILES string of the molecule is CCN(CC)C(=O)C1CCCN(Cc2cccc(C(=O)N(C)Cc3ccccc3)c2)C1. The van der Waals surface area contributed by atoms with Crippen LogP contribution in [0.2, 0.25) is 0 Å². The summed E-state index contributed by atoms with van der Waals surface area (Å²) in [6.45, 7) is 8.77. The first-order valence-corrected chi connectivity index (χ1v) is 11.4. The Balaban J connectivity index is 1.62. The zero-order valence-corrected chi connectivity index (χ0v) is 19.1. The summed E-state index contributed by atoms with van der Waals surface area (Å²) in [4.78, 5) is 31.8. The molecule has 1 saturated heterocycles. The molecule has 1 heterocycles. The molecule has 0 N–H and O–H groups in total. The van der Waals surface area contributed by atoms with E-state index in [2.05, 4.69) is 11.0 Å². The molecule has 0 aliphatic carbocycles. The average Bonchev–Trinajstić information content (AvgIpc) is 2.80. The molecule has 3 rings (SSSR count). The highest BCUT2D eigenvalue weighted by Gasteiger charge is 2.28. The number of hydrogen-bond acceptors (Lipinski definition) is 3. The number of amides is 2. The number of nitrogens with zero attached hydrogens (tertiary/aromatic N) is 3. The van der Waals surface area contributed by atoms with Crippen LogP contribution >= 0.6 is 0 Å². The van der Waals surface area contributed by atoms with Crippen molar-refractivity contribution in [3.63, 3.8) is 0 Å². The van der Waals surface area contributed by atoms with E-state index >= 15 is 0 Å². The van der Waals surface area contributed by atoms with Gasteiger partial charge in [-0.1, -0.05) is 42.5 Å².